The van der Waals surface area contributed by atoms with Crippen molar-refractivity contribution in [3.8, 4) is 0 Å². The highest BCUT2D eigenvalue weighted by atomic mass is 16.7. The molecule has 6 nitrogen and oxygen atoms in total. The molecule has 6 heteroatoms. The lowest BCUT2D eigenvalue weighted by Crippen LogP contribution is -2.14. The Labute approximate surface area is 91.6 Å². The van der Waals surface area contributed by atoms with E-state index in [1.807, 2.05) is 0 Å². The zero-order valence-electron chi connectivity index (χ0n) is 8.41. The molecule has 1 aromatic carbocycles. The minimum Gasteiger partial charge on any atom is -0.394 e. The Morgan fingerprint density at radius 1 is 1.44 bits per heavy atom. The summed E-state index contributed by atoms with van der Waals surface area (Å²) in [6.07, 6.45) is -0.863. The second-order valence-corrected chi connectivity index (χ2v) is 3.45. The van der Waals surface area contributed by atoms with Crippen LogP contribution in [0.2, 0.25) is 0 Å². The Kier molecular flexibility index (Phi) is 3.14. The van der Waals surface area contributed by atoms with Gasteiger partial charge in [0, 0.05) is 17.7 Å². The first-order chi connectivity index (χ1) is 7.70. The number of aliphatic hydroxyl groups excluding tert-OH is 1. The van der Waals surface area contributed by atoms with Crippen LogP contribution in [0.25, 0.3) is 0 Å². The first kappa shape index (κ1) is 11.0. The number of nitro benzene ring substituents is 1. The third-order valence-corrected chi connectivity index (χ3v) is 2.33. The smallest absolute Gasteiger partial charge is 0.269 e. The maximum absolute atomic E-state index is 10.4. The number of rotatable bonds is 3. The largest absolute Gasteiger partial charge is 0.394 e. The van der Waals surface area contributed by atoms with Crippen LogP contribution in [0.3, 0.4) is 0 Å². The summed E-state index contributed by atoms with van der Waals surface area (Å²) < 4.78 is 10.6. The molecule has 86 valence electrons. The predicted octanol–water partition coefficient (Wildman–Crippen LogP) is 1.00. The third kappa shape index (κ3) is 2.19. The second kappa shape index (κ2) is 4.56. The van der Waals surface area contributed by atoms with E-state index in [4.69, 9.17) is 14.6 Å². The first-order valence-electron chi connectivity index (χ1n) is 4.83. The average Bonchev–Trinajstić information content (AvgIpc) is 2.77. The van der Waals surface area contributed by atoms with E-state index < -0.39 is 11.2 Å². The van der Waals surface area contributed by atoms with E-state index in [-0.39, 0.29) is 18.4 Å². The molecule has 0 saturated carbocycles. The Morgan fingerprint density at radius 3 is 2.62 bits per heavy atom. The lowest BCUT2D eigenvalue weighted by molar-refractivity contribution is -0.384. The quantitative estimate of drug-likeness (QED) is 0.613. The van der Waals surface area contributed by atoms with Crippen LogP contribution in [0, 0.1) is 10.1 Å². The Balaban J connectivity index is 2.08. The molecule has 0 aliphatic carbocycles. The molecule has 0 spiro atoms. The summed E-state index contributed by atoms with van der Waals surface area (Å²) in [5, 5.41) is 19.3. The molecule has 1 aliphatic rings. The summed E-state index contributed by atoms with van der Waals surface area (Å²) in [6.45, 7) is 0.238. The maximum atomic E-state index is 10.4. The zero-order valence-corrected chi connectivity index (χ0v) is 8.41. The molecule has 0 unspecified atom stereocenters. The average molecular weight is 225 g/mol. The van der Waals surface area contributed by atoms with E-state index in [1.165, 1.54) is 12.1 Å². The van der Waals surface area contributed by atoms with Crippen molar-refractivity contribution in [1.82, 2.24) is 0 Å². The van der Waals surface area contributed by atoms with Gasteiger partial charge < -0.3 is 14.6 Å². The van der Waals surface area contributed by atoms with Gasteiger partial charge in [0.05, 0.1) is 18.1 Å². The van der Waals surface area contributed by atoms with Gasteiger partial charge in [0.25, 0.3) is 5.69 Å². The van der Waals surface area contributed by atoms with Crippen molar-refractivity contribution in [3.63, 3.8) is 0 Å². The number of non-ortho nitro benzene ring substituents is 1. The van der Waals surface area contributed by atoms with Gasteiger partial charge in [-0.15, -0.1) is 0 Å². The molecule has 1 N–H and O–H groups in total. The highest BCUT2D eigenvalue weighted by Gasteiger charge is 2.26. The van der Waals surface area contributed by atoms with Crippen molar-refractivity contribution in [1.29, 1.82) is 0 Å². The van der Waals surface area contributed by atoms with Crippen LogP contribution in [-0.2, 0) is 9.47 Å². The van der Waals surface area contributed by atoms with Crippen LogP contribution in [0.4, 0.5) is 5.69 Å². The van der Waals surface area contributed by atoms with E-state index in [0.717, 1.165) is 0 Å². The van der Waals surface area contributed by atoms with Crippen LogP contribution < -0.4 is 0 Å². The molecule has 16 heavy (non-hydrogen) atoms. The highest BCUT2D eigenvalue weighted by Crippen LogP contribution is 2.27. The summed E-state index contributed by atoms with van der Waals surface area (Å²) in [5.41, 5.74) is 0.738. The van der Waals surface area contributed by atoms with Crippen LogP contribution in [-0.4, -0.2) is 29.3 Å². The van der Waals surface area contributed by atoms with Crippen molar-refractivity contribution >= 4 is 5.69 Å². The first-order valence-corrected chi connectivity index (χ1v) is 4.83. The molecule has 1 fully saturated rings. The van der Waals surface area contributed by atoms with Crippen molar-refractivity contribution in [3.05, 3.63) is 39.9 Å². The maximum Gasteiger partial charge on any atom is 0.269 e. The van der Waals surface area contributed by atoms with Crippen molar-refractivity contribution in [2.24, 2.45) is 0 Å². The number of benzene rings is 1. The number of nitrogens with zero attached hydrogens (tertiary/aromatic N) is 1. The fourth-order valence-electron chi connectivity index (χ4n) is 1.47. The minimum atomic E-state index is -0.544. The molecule has 1 heterocycles. The third-order valence-electron chi connectivity index (χ3n) is 2.33. The Hall–Kier alpha value is -1.50. The topological polar surface area (TPSA) is 81.8 Å². The molecule has 0 radical (unpaired) electrons. The predicted molar refractivity (Wildman–Crippen MR) is 53.7 cm³/mol. The number of hydrogen-bond acceptors (Lipinski definition) is 5. The van der Waals surface area contributed by atoms with E-state index in [2.05, 4.69) is 0 Å². The molecule has 2 atom stereocenters. The normalized spacial score (nSPS) is 24.6. The van der Waals surface area contributed by atoms with Crippen LogP contribution in [0.5, 0.6) is 0 Å². The van der Waals surface area contributed by atoms with Crippen LogP contribution in [0.15, 0.2) is 24.3 Å². The van der Waals surface area contributed by atoms with Gasteiger partial charge >= 0.3 is 0 Å². The summed E-state index contributed by atoms with van der Waals surface area (Å²) in [6, 6.07) is 5.97. The number of nitro groups is 1. The molecule has 0 bridgehead atoms. The van der Waals surface area contributed by atoms with E-state index in [0.29, 0.717) is 12.2 Å². The Morgan fingerprint density at radius 2 is 2.12 bits per heavy atom. The molecule has 2 rings (SSSR count). The van der Waals surface area contributed by atoms with E-state index in [9.17, 15) is 10.1 Å². The molecular formula is C10H11NO5. The Bertz CT molecular complexity index is 377. The van der Waals surface area contributed by atoms with E-state index >= 15 is 0 Å². The molecule has 1 aromatic rings. The van der Waals surface area contributed by atoms with Gasteiger partial charge in [-0.2, -0.15) is 0 Å². The number of hydrogen-bond donors (Lipinski definition) is 1. The molecular weight excluding hydrogens is 214 g/mol. The fourth-order valence-corrected chi connectivity index (χ4v) is 1.47. The number of aliphatic hydroxyl groups is 1. The van der Waals surface area contributed by atoms with Crippen LogP contribution in [0.1, 0.15) is 11.9 Å². The number of ether oxygens (including phenoxy) is 2. The van der Waals surface area contributed by atoms with Gasteiger partial charge in [0.1, 0.15) is 6.10 Å². The van der Waals surface area contributed by atoms with E-state index in [1.54, 1.807) is 12.1 Å². The van der Waals surface area contributed by atoms with Crippen LogP contribution >= 0.6 is 0 Å². The van der Waals surface area contributed by atoms with Crippen molar-refractivity contribution in [2.45, 2.75) is 12.4 Å². The minimum absolute atomic E-state index is 0.0282. The van der Waals surface area contributed by atoms with Crippen molar-refractivity contribution < 1.29 is 19.5 Å². The molecule has 1 aliphatic heterocycles. The summed E-state index contributed by atoms with van der Waals surface area (Å²) >= 11 is 0. The van der Waals surface area contributed by atoms with Gasteiger partial charge in [-0.25, -0.2) is 0 Å². The SMILES string of the molecule is O=[N+]([O-])c1ccc([C@H]2OC[C@H](CO)O2)cc1. The lowest BCUT2D eigenvalue weighted by Gasteiger charge is -2.09. The van der Waals surface area contributed by atoms with Gasteiger partial charge in [0.2, 0.25) is 0 Å². The summed E-state index contributed by atoms with van der Waals surface area (Å²) in [5.74, 6) is 0. The molecule has 0 amide bonds. The highest BCUT2D eigenvalue weighted by molar-refractivity contribution is 5.33. The molecule has 0 aromatic heterocycles. The lowest BCUT2D eigenvalue weighted by atomic mass is 10.2. The van der Waals surface area contributed by atoms with Gasteiger partial charge in [-0.05, 0) is 12.1 Å². The zero-order chi connectivity index (χ0) is 11.5. The monoisotopic (exact) mass is 225 g/mol. The standard InChI is InChI=1S/C10H11NO5/c12-5-9-6-15-10(16-9)7-1-3-8(4-2-7)11(13)14/h1-4,9-10,12H,5-6H2/t9-,10-/m0/s1. The van der Waals surface area contributed by atoms with Crippen molar-refractivity contribution in [2.75, 3.05) is 13.2 Å². The second-order valence-electron chi connectivity index (χ2n) is 3.45. The van der Waals surface area contributed by atoms with Gasteiger partial charge in [0.15, 0.2) is 6.29 Å². The van der Waals surface area contributed by atoms with Gasteiger partial charge in [-0.3, -0.25) is 10.1 Å². The molecule has 1 saturated heterocycles. The summed E-state index contributed by atoms with van der Waals surface area (Å²) in [7, 11) is 0. The summed E-state index contributed by atoms with van der Waals surface area (Å²) in [4.78, 5) is 9.98. The fraction of sp³-hybridized carbons (Fsp3) is 0.400. The van der Waals surface area contributed by atoms with Gasteiger partial charge in [-0.1, -0.05) is 0 Å².